The third-order valence-electron chi connectivity index (χ3n) is 2.08. The first-order valence-electron chi connectivity index (χ1n) is 4.24. The molecule has 1 saturated carbocycles. The monoisotopic (exact) mass is 152 g/mol. The van der Waals surface area contributed by atoms with Crippen molar-refractivity contribution in [2.24, 2.45) is 10.7 Å². The molecule has 1 aliphatic rings. The van der Waals surface area contributed by atoms with E-state index in [0.29, 0.717) is 6.04 Å². The second-order valence-electron chi connectivity index (χ2n) is 3.13. The zero-order valence-electron chi connectivity index (χ0n) is 7.09. The summed E-state index contributed by atoms with van der Waals surface area (Å²) >= 11 is 0. The van der Waals surface area contributed by atoms with E-state index in [0.717, 1.165) is 5.57 Å². The number of nitrogens with zero attached hydrogens (tertiary/aromatic N) is 1. The van der Waals surface area contributed by atoms with Crippen molar-refractivity contribution >= 4 is 6.21 Å². The van der Waals surface area contributed by atoms with E-state index in [1.807, 2.05) is 13.1 Å². The van der Waals surface area contributed by atoms with Crippen molar-refractivity contribution in [3.8, 4) is 0 Å². The molecule has 0 amide bonds. The highest BCUT2D eigenvalue weighted by Crippen LogP contribution is 2.20. The van der Waals surface area contributed by atoms with Crippen molar-refractivity contribution in [1.29, 1.82) is 0 Å². The fourth-order valence-electron chi connectivity index (χ4n) is 1.32. The number of rotatable bonds is 2. The fraction of sp³-hybridized carbons (Fsp3) is 0.667. The molecule has 0 spiro atoms. The Morgan fingerprint density at radius 3 is 2.64 bits per heavy atom. The highest BCUT2D eigenvalue weighted by Gasteiger charge is 2.11. The van der Waals surface area contributed by atoms with Crippen LogP contribution in [0.15, 0.2) is 16.8 Å². The zero-order chi connectivity index (χ0) is 8.10. The Hall–Kier alpha value is -0.790. The van der Waals surface area contributed by atoms with Gasteiger partial charge in [0.2, 0.25) is 0 Å². The van der Waals surface area contributed by atoms with Gasteiger partial charge in [0.1, 0.15) is 0 Å². The lowest BCUT2D eigenvalue weighted by atomic mass is 10.2. The van der Waals surface area contributed by atoms with Gasteiger partial charge in [0, 0.05) is 12.3 Å². The van der Waals surface area contributed by atoms with Crippen LogP contribution in [0.4, 0.5) is 0 Å². The Balaban J connectivity index is 2.33. The number of allylic oxidation sites excluding steroid dienone is 1. The minimum atomic E-state index is 0.574. The van der Waals surface area contributed by atoms with Gasteiger partial charge in [-0.2, -0.15) is 0 Å². The van der Waals surface area contributed by atoms with Gasteiger partial charge in [-0.15, -0.1) is 0 Å². The standard InChI is InChI=1S/C9H16N2/c1-8(6-10)7-11-9-4-2-3-5-9/h6-7,9H,2-5,10H2,1H3/b8-6-,11-7?. The highest BCUT2D eigenvalue weighted by molar-refractivity contribution is 5.77. The van der Waals surface area contributed by atoms with E-state index in [4.69, 9.17) is 5.73 Å². The molecule has 0 radical (unpaired) electrons. The van der Waals surface area contributed by atoms with Crippen LogP contribution in [-0.4, -0.2) is 12.3 Å². The summed E-state index contributed by atoms with van der Waals surface area (Å²) in [5, 5.41) is 0. The molecule has 62 valence electrons. The smallest absolute Gasteiger partial charge is 0.0499 e. The van der Waals surface area contributed by atoms with Crippen LogP contribution in [0.5, 0.6) is 0 Å². The minimum Gasteiger partial charge on any atom is -0.404 e. The molecule has 0 aromatic heterocycles. The van der Waals surface area contributed by atoms with E-state index in [1.54, 1.807) is 6.20 Å². The predicted molar refractivity (Wildman–Crippen MR) is 48.7 cm³/mol. The van der Waals surface area contributed by atoms with Crippen molar-refractivity contribution in [2.45, 2.75) is 38.6 Å². The third kappa shape index (κ3) is 2.74. The van der Waals surface area contributed by atoms with E-state index in [1.165, 1.54) is 25.7 Å². The maximum Gasteiger partial charge on any atom is 0.0499 e. The zero-order valence-corrected chi connectivity index (χ0v) is 7.09. The summed E-state index contributed by atoms with van der Waals surface area (Å²) in [6.45, 7) is 1.97. The molecule has 1 aliphatic carbocycles. The molecule has 0 heterocycles. The first kappa shape index (κ1) is 8.31. The van der Waals surface area contributed by atoms with Gasteiger partial charge in [-0.1, -0.05) is 12.8 Å². The predicted octanol–water partition coefficient (Wildman–Crippen LogP) is 1.86. The van der Waals surface area contributed by atoms with Crippen LogP contribution in [0.25, 0.3) is 0 Å². The molecule has 0 atom stereocenters. The first-order chi connectivity index (χ1) is 5.33. The van der Waals surface area contributed by atoms with Crippen LogP contribution in [0.2, 0.25) is 0 Å². The van der Waals surface area contributed by atoms with Crippen LogP contribution in [0.1, 0.15) is 32.6 Å². The number of aliphatic imine (C=N–C) groups is 1. The van der Waals surface area contributed by atoms with Gasteiger partial charge in [0.15, 0.2) is 0 Å². The van der Waals surface area contributed by atoms with Crippen molar-refractivity contribution in [2.75, 3.05) is 0 Å². The van der Waals surface area contributed by atoms with Crippen LogP contribution in [0, 0.1) is 0 Å². The largest absolute Gasteiger partial charge is 0.404 e. The molecule has 2 N–H and O–H groups in total. The van der Waals surface area contributed by atoms with Crippen molar-refractivity contribution in [3.63, 3.8) is 0 Å². The first-order valence-corrected chi connectivity index (χ1v) is 4.24. The molecule has 0 aliphatic heterocycles. The Bertz CT molecular complexity index is 164. The average Bonchev–Trinajstić information content (AvgIpc) is 2.52. The Morgan fingerprint density at radius 1 is 1.45 bits per heavy atom. The highest BCUT2D eigenvalue weighted by atomic mass is 14.8. The molecule has 0 aromatic carbocycles. The summed E-state index contributed by atoms with van der Waals surface area (Å²) < 4.78 is 0. The van der Waals surface area contributed by atoms with Crippen LogP contribution < -0.4 is 5.73 Å². The lowest BCUT2D eigenvalue weighted by Gasteiger charge is -1.99. The molecule has 1 rings (SSSR count). The van der Waals surface area contributed by atoms with E-state index >= 15 is 0 Å². The summed E-state index contributed by atoms with van der Waals surface area (Å²) in [6.07, 6.45) is 8.68. The van der Waals surface area contributed by atoms with Crippen LogP contribution in [-0.2, 0) is 0 Å². The van der Waals surface area contributed by atoms with Gasteiger partial charge >= 0.3 is 0 Å². The van der Waals surface area contributed by atoms with Gasteiger partial charge < -0.3 is 5.73 Å². The van der Waals surface area contributed by atoms with Crippen molar-refractivity contribution in [1.82, 2.24) is 0 Å². The maximum absolute atomic E-state index is 5.30. The normalized spacial score (nSPS) is 21.7. The van der Waals surface area contributed by atoms with Crippen molar-refractivity contribution < 1.29 is 0 Å². The summed E-state index contributed by atoms with van der Waals surface area (Å²) in [5.74, 6) is 0. The van der Waals surface area contributed by atoms with E-state index < -0.39 is 0 Å². The lowest BCUT2D eigenvalue weighted by Crippen LogP contribution is -1.97. The summed E-state index contributed by atoms with van der Waals surface area (Å²) in [5.41, 5.74) is 6.36. The Kier molecular flexibility index (Phi) is 3.14. The van der Waals surface area contributed by atoms with E-state index in [9.17, 15) is 0 Å². The van der Waals surface area contributed by atoms with Gasteiger partial charge in [0.05, 0.1) is 0 Å². The van der Waals surface area contributed by atoms with E-state index in [2.05, 4.69) is 4.99 Å². The molecule has 0 saturated heterocycles. The quantitative estimate of drug-likeness (QED) is 0.603. The molecule has 0 aromatic rings. The van der Waals surface area contributed by atoms with Crippen LogP contribution >= 0.6 is 0 Å². The molecular weight excluding hydrogens is 136 g/mol. The minimum absolute atomic E-state index is 0.574. The van der Waals surface area contributed by atoms with Gasteiger partial charge in [-0.05, 0) is 31.5 Å². The third-order valence-corrected chi connectivity index (χ3v) is 2.08. The second-order valence-corrected chi connectivity index (χ2v) is 3.13. The summed E-state index contributed by atoms with van der Waals surface area (Å²) in [4.78, 5) is 4.42. The van der Waals surface area contributed by atoms with Gasteiger partial charge in [0.25, 0.3) is 0 Å². The van der Waals surface area contributed by atoms with E-state index in [-0.39, 0.29) is 0 Å². The molecule has 2 heteroatoms. The molecule has 1 fully saturated rings. The summed E-state index contributed by atoms with van der Waals surface area (Å²) in [6, 6.07) is 0.574. The Morgan fingerprint density at radius 2 is 2.09 bits per heavy atom. The SMILES string of the molecule is C/C(C=NC1CCCC1)=C/N. The average molecular weight is 152 g/mol. The molecule has 2 nitrogen and oxygen atoms in total. The van der Waals surface area contributed by atoms with Crippen LogP contribution in [0.3, 0.4) is 0 Å². The topological polar surface area (TPSA) is 38.4 Å². The molecule has 0 bridgehead atoms. The maximum atomic E-state index is 5.30. The number of hydrogen-bond acceptors (Lipinski definition) is 2. The fourth-order valence-corrected chi connectivity index (χ4v) is 1.32. The van der Waals surface area contributed by atoms with Crippen molar-refractivity contribution in [3.05, 3.63) is 11.8 Å². The number of nitrogens with two attached hydrogens (primary N) is 1. The molecule has 11 heavy (non-hydrogen) atoms. The lowest BCUT2D eigenvalue weighted by molar-refractivity contribution is 0.710. The Labute approximate surface area is 68.2 Å². The second kappa shape index (κ2) is 4.16. The molecular formula is C9H16N2. The summed E-state index contributed by atoms with van der Waals surface area (Å²) in [7, 11) is 0. The molecule has 0 unspecified atom stereocenters. The van der Waals surface area contributed by atoms with Gasteiger partial charge in [-0.3, -0.25) is 4.99 Å². The number of hydrogen-bond donors (Lipinski definition) is 1. The van der Waals surface area contributed by atoms with Gasteiger partial charge in [-0.25, -0.2) is 0 Å².